The molecule has 1 amide bonds. The van der Waals surface area contributed by atoms with Gasteiger partial charge in [-0.2, -0.15) is 5.26 Å². The second-order valence-corrected chi connectivity index (χ2v) is 4.97. The van der Waals surface area contributed by atoms with E-state index in [1.54, 1.807) is 7.11 Å². The molecule has 0 radical (unpaired) electrons. The summed E-state index contributed by atoms with van der Waals surface area (Å²) in [6.45, 7) is 0.547. The van der Waals surface area contributed by atoms with E-state index >= 15 is 0 Å². The van der Waals surface area contributed by atoms with Gasteiger partial charge in [-0.15, -0.1) is 0 Å². The third-order valence-electron chi connectivity index (χ3n) is 4.12. The summed E-state index contributed by atoms with van der Waals surface area (Å²) in [6.07, 6.45) is 5.56. The van der Waals surface area contributed by atoms with Gasteiger partial charge in [0, 0.05) is 13.7 Å². The van der Waals surface area contributed by atoms with Crippen molar-refractivity contribution in [2.24, 2.45) is 5.41 Å². The standard InChI is InChI=1S/C12H18N2O2/c1-16-12(6-3-7-12)9-14-10(15)11(8-13)4-2-5-11/h2-7,9H2,1H3,(H,14,15). The summed E-state index contributed by atoms with van der Waals surface area (Å²) < 4.78 is 5.42. The van der Waals surface area contributed by atoms with E-state index in [0.717, 1.165) is 25.7 Å². The van der Waals surface area contributed by atoms with Gasteiger partial charge in [-0.1, -0.05) is 0 Å². The van der Waals surface area contributed by atoms with Crippen LogP contribution in [0.15, 0.2) is 0 Å². The highest BCUT2D eigenvalue weighted by Crippen LogP contribution is 2.41. The van der Waals surface area contributed by atoms with Crippen molar-refractivity contribution >= 4 is 5.91 Å². The second kappa shape index (κ2) is 4.06. The van der Waals surface area contributed by atoms with Crippen molar-refractivity contribution < 1.29 is 9.53 Å². The van der Waals surface area contributed by atoms with E-state index in [1.165, 1.54) is 0 Å². The Balaban J connectivity index is 1.86. The molecule has 0 spiro atoms. The number of rotatable bonds is 4. The normalized spacial score (nSPS) is 24.8. The number of methoxy groups -OCH3 is 1. The lowest BCUT2D eigenvalue weighted by molar-refractivity contribution is -0.135. The van der Waals surface area contributed by atoms with Crippen molar-refractivity contribution in [3.8, 4) is 6.07 Å². The van der Waals surface area contributed by atoms with E-state index in [9.17, 15) is 4.79 Å². The molecule has 0 aromatic heterocycles. The minimum absolute atomic E-state index is 0.107. The molecular weight excluding hydrogens is 204 g/mol. The van der Waals surface area contributed by atoms with Crippen molar-refractivity contribution in [3.05, 3.63) is 0 Å². The van der Waals surface area contributed by atoms with Gasteiger partial charge in [0.25, 0.3) is 0 Å². The molecule has 0 aliphatic heterocycles. The number of nitrogens with zero attached hydrogens (tertiary/aromatic N) is 1. The Morgan fingerprint density at radius 1 is 1.38 bits per heavy atom. The van der Waals surface area contributed by atoms with Crippen molar-refractivity contribution in [1.29, 1.82) is 5.26 Å². The maximum absolute atomic E-state index is 11.9. The van der Waals surface area contributed by atoms with Crippen LogP contribution in [0, 0.1) is 16.7 Å². The number of carbonyl (C=O) groups excluding carboxylic acids is 1. The summed E-state index contributed by atoms with van der Waals surface area (Å²) in [7, 11) is 1.69. The maximum atomic E-state index is 11.9. The molecule has 2 saturated carbocycles. The van der Waals surface area contributed by atoms with Gasteiger partial charge in [-0.3, -0.25) is 4.79 Å². The third-order valence-corrected chi connectivity index (χ3v) is 4.12. The van der Waals surface area contributed by atoms with Gasteiger partial charge >= 0.3 is 0 Å². The number of nitriles is 1. The number of nitrogens with one attached hydrogen (secondary N) is 1. The van der Waals surface area contributed by atoms with Crippen LogP contribution in [0.2, 0.25) is 0 Å². The van der Waals surface area contributed by atoms with E-state index in [1.807, 2.05) is 0 Å². The average Bonchev–Trinajstić information content (AvgIpc) is 2.16. The van der Waals surface area contributed by atoms with Gasteiger partial charge < -0.3 is 10.1 Å². The van der Waals surface area contributed by atoms with Crippen LogP contribution in [0.25, 0.3) is 0 Å². The van der Waals surface area contributed by atoms with Gasteiger partial charge in [0.15, 0.2) is 0 Å². The lowest BCUT2D eigenvalue weighted by Crippen LogP contribution is -2.53. The van der Waals surface area contributed by atoms with Gasteiger partial charge in [-0.05, 0) is 38.5 Å². The van der Waals surface area contributed by atoms with E-state index in [-0.39, 0.29) is 11.5 Å². The van der Waals surface area contributed by atoms with Gasteiger partial charge in [0.2, 0.25) is 5.91 Å². The van der Waals surface area contributed by atoms with Crippen molar-refractivity contribution in [1.82, 2.24) is 5.32 Å². The predicted molar refractivity (Wildman–Crippen MR) is 58.5 cm³/mol. The fraction of sp³-hybridized carbons (Fsp3) is 0.833. The lowest BCUT2D eigenvalue weighted by atomic mass is 9.69. The van der Waals surface area contributed by atoms with Crippen LogP contribution in [-0.2, 0) is 9.53 Å². The molecule has 88 valence electrons. The molecule has 2 aliphatic carbocycles. The summed E-state index contributed by atoms with van der Waals surface area (Å²) >= 11 is 0. The first kappa shape index (κ1) is 11.4. The number of hydrogen-bond donors (Lipinski definition) is 1. The quantitative estimate of drug-likeness (QED) is 0.781. The Morgan fingerprint density at radius 3 is 2.31 bits per heavy atom. The Bertz CT molecular complexity index is 319. The zero-order valence-electron chi connectivity index (χ0n) is 9.71. The fourth-order valence-corrected chi connectivity index (χ4v) is 2.35. The molecule has 0 bridgehead atoms. The molecule has 0 atom stereocenters. The Kier molecular flexibility index (Phi) is 2.90. The van der Waals surface area contributed by atoms with Crippen LogP contribution in [0.4, 0.5) is 0 Å². The van der Waals surface area contributed by atoms with Gasteiger partial charge in [-0.25, -0.2) is 0 Å². The largest absolute Gasteiger partial charge is 0.376 e. The monoisotopic (exact) mass is 222 g/mol. The molecule has 2 fully saturated rings. The molecule has 4 heteroatoms. The molecule has 2 rings (SSSR count). The van der Waals surface area contributed by atoms with Crippen LogP contribution in [-0.4, -0.2) is 25.2 Å². The summed E-state index contributed by atoms with van der Waals surface area (Å²) in [5.41, 5.74) is -0.894. The van der Waals surface area contributed by atoms with Crippen molar-refractivity contribution in [2.75, 3.05) is 13.7 Å². The Hall–Kier alpha value is -1.08. The van der Waals surface area contributed by atoms with E-state index in [2.05, 4.69) is 11.4 Å². The highest BCUT2D eigenvalue weighted by molar-refractivity contribution is 5.86. The molecule has 16 heavy (non-hydrogen) atoms. The minimum atomic E-state index is -0.737. The molecule has 0 aromatic rings. The second-order valence-electron chi connectivity index (χ2n) is 4.97. The molecule has 0 saturated heterocycles. The average molecular weight is 222 g/mol. The number of ether oxygens (including phenoxy) is 1. The number of carbonyl (C=O) groups is 1. The summed E-state index contributed by atoms with van der Waals surface area (Å²) in [5, 5.41) is 11.9. The van der Waals surface area contributed by atoms with Gasteiger partial charge in [0.05, 0.1) is 11.7 Å². The Morgan fingerprint density at radius 2 is 2.00 bits per heavy atom. The van der Waals surface area contributed by atoms with Crippen LogP contribution in [0.1, 0.15) is 38.5 Å². The zero-order chi connectivity index (χ0) is 11.6. The van der Waals surface area contributed by atoms with E-state index < -0.39 is 5.41 Å². The van der Waals surface area contributed by atoms with Gasteiger partial charge in [0.1, 0.15) is 5.41 Å². The topological polar surface area (TPSA) is 62.1 Å². The van der Waals surface area contributed by atoms with Crippen LogP contribution < -0.4 is 5.32 Å². The SMILES string of the molecule is COC1(CNC(=O)C2(C#N)CCC2)CCC1. The van der Waals surface area contributed by atoms with Crippen LogP contribution in [0.3, 0.4) is 0 Å². The molecule has 2 aliphatic rings. The van der Waals surface area contributed by atoms with Crippen LogP contribution in [0.5, 0.6) is 0 Å². The highest BCUT2D eigenvalue weighted by Gasteiger charge is 2.46. The highest BCUT2D eigenvalue weighted by atomic mass is 16.5. The first-order chi connectivity index (χ1) is 7.66. The lowest BCUT2D eigenvalue weighted by Gasteiger charge is -2.42. The third kappa shape index (κ3) is 1.69. The molecular formula is C12H18N2O2. The molecule has 0 aromatic carbocycles. The smallest absolute Gasteiger partial charge is 0.240 e. The first-order valence-electron chi connectivity index (χ1n) is 5.91. The summed E-state index contributed by atoms with van der Waals surface area (Å²) in [6, 6.07) is 2.15. The molecule has 0 heterocycles. The van der Waals surface area contributed by atoms with E-state index in [4.69, 9.17) is 10.00 Å². The fourth-order valence-electron chi connectivity index (χ4n) is 2.35. The summed E-state index contributed by atoms with van der Waals surface area (Å²) in [5.74, 6) is -0.107. The van der Waals surface area contributed by atoms with Crippen LogP contribution >= 0.6 is 0 Å². The molecule has 4 nitrogen and oxygen atoms in total. The minimum Gasteiger partial charge on any atom is -0.376 e. The first-order valence-corrected chi connectivity index (χ1v) is 5.91. The van der Waals surface area contributed by atoms with E-state index in [0.29, 0.717) is 19.4 Å². The van der Waals surface area contributed by atoms with Crippen molar-refractivity contribution in [2.45, 2.75) is 44.1 Å². The predicted octanol–water partition coefficient (Wildman–Crippen LogP) is 1.37. The van der Waals surface area contributed by atoms with Crippen molar-refractivity contribution in [3.63, 3.8) is 0 Å². The molecule has 0 unspecified atom stereocenters. The zero-order valence-corrected chi connectivity index (χ0v) is 9.71. The summed E-state index contributed by atoms with van der Waals surface area (Å²) in [4.78, 5) is 11.9. The number of hydrogen-bond acceptors (Lipinski definition) is 3. The number of amides is 1. The Labute approximate surface area is 96.0 Å². The molecule has 1 N–H and O–H groups in total. The maximum Gasteiger partial charge on any atom is 0.240 e.